The average molecular weight is 410 g/mol. The number of benzene rings is 1. The van der Waals surface area contributed by atoms with Gasteiger partial charge >= 0.3 is 0 Å². The molecule has 0 saturated heterocycles. The van der Waals surface area contributed by atoms with E-state index < -0.39 is 0 Å². The van der Waals surface area contributed by atoms with Crippen LogP contribution in [0.15, 0.2) is 38.6 Å². The maximum Gasteiger partial charge on any atom is 0.261 e. The minimum Gasteiger partial charge on any atom is -0.347 e. The van der Waals surface area contributed by atoms with Crippen molar-refractivity contribution < 1.29 is 4.79 Å². The molecule has 1 heterocycles. The number of hydrogen-bond acceptors (Lipinski definition) is 2. The van der Waals surface area contributed by atoms with Crippen LogP contribution >= 0.6 is 54.8 Å². The van der Waals surface area contributed by atoms with Gasteiger partial charge < -0.3 is 5.32 Å². The monoisotopic (exact) mass is 407 g/mol. The van der Waals surface area contributed by atoms with Crippen molar-refractivity contribution >= 4 is 60.7 Å². The minimum absolute atomic E-state index is 0.0913. The van der Waals surface area contributed by atoms with Gasteiger partial charge in [-0.2, -0.15) is 0 Å². The number of hydrogen-bond donors (Lipinski definition) is 1. The Kier molecular flexibility index (Phi) is 4.84. The Morgan fingerprint density at radius 1 is 1.33 bits per heavy atom. The predicted octanol–water partition coefficient (Wildman–Crippen LogP) is 4.86. The molecule has 2 rings (SSSR count). The van der Waals surface area contributed by atoms with Crippen LogP contribution in [-0.4, -0.2) is 5.91 Å². The SMILES string of the molecule is O=C(NCc1cccc(Cl)c1)c1cc(Br)c(Br)s1. The fourth-order valence-electron chi connectivity index (χ4n) is 1.37. The van der Waals surface area contributed by atoms with Gasteiger partial charge in [0.1, 0.15) is 0 Å². The summed E-state index contributed by atoms with van der Waals surface area (Å²) in [6.45, 7) is 0.465. The van der Waals surface area contributed by atoms with Gasteiger partial charge in [-0.1, -0.05) is 23.7 Å². The molecule has 0 aliphatic carbocycles. The summed E-state index contributed by atoms with van der Waals surface area (Å²) in [5, 5.41) is 3.52. The highest BCUT2D eigenvalue weighted by molar-refractivity contribution is 9.13. The second-order valence-electron chi connectivity index (χ2n) is 3.54. The third kappa shape index (κ3) is 3.57. The Bertz CT molecular complexity index is 566. The van der Waals surface area contributed by atoms with Gasteiger partial charge in [0.15, 0.2) is 0 Å². The molecule has 94 valence electrons. The van der Waals surface area contributed by atoms with Gasteiger partial charge in [-0.15, -0.1) is 11.3 Å². The summed E-state index contributed by atoms with van der Waals surface area (Å²) in [5.74, 6) is -0.0913. The fourth-order valence-corrected chi connectivity index (χ4v) is 3.54. The normalized spacial score (nSPS) is 10.4. The average Bonchev–Trinajstić information content (AvgIpc) is 2.67. The standard InChI is InChI=1S/C12H8Br2ClNOS/c13-9-5-10(18-11(9)14)12(17)16-6-7-2-1-3-8(15)4-7/h1-5H,6H2,(H,16,17). The maximum atomic E-state index is 11.9. The van der Waals surface area contributed by atoms with Gasteiger partial charge in [-0.3, -0.25) is 4.79 Å². The van der Waals surface area contributed by atoms with Crippen molar-refractivity contribution in [2.45, 2.75) is 6.54 Å². The third-order valence-corrected chi connectivity index (χ3v) is 5.70. The van der Waals surface area contributed by atoms with E-state index in [1.54, 1.807) is 12.1 Å². The molecule has 1 aromatic carbocycles. The summed E-state index contributed by atoms with van der Waals surface area (Å²) in [6, 6.07) is 9.22. The summed E-state index contributed by atoms with van der Waals surface area (Å²) in [4.78, 5) is 12.6. The van der Waals surface area contributed by atoms with Gasteiger partial charge in [0, 0.05) is 16.0 Å². The molecule has 0 unspecified atom stereocenters. The predicted molar refractivity (Wildman–Crippen MR) is 82.3 cm³/mol. The topological polar surface area (TPSA) is 29.1 Å². The van der Waals surface area contributed by atoms with Crippen LogP contribution in [0.25, 0.3) is 0 Å². The summed E-state index contributed by atoms with van der Waals surface area (Å²) in [7, 11) is 0. The van der Waals surface area contributed by atoms with Crippen molar-refractivity contribution in [2.75, 3.05) is 0 Å². The Hall–Kier alpha value is -0.360. The van der Waals surface area contributed by atoms with E-state index >= 15 is 0 Å². The first-order valence-corrected chi connectivity index (χ1v) is 7.82. The fraction of sp³-hybridized carbons (Fsp3) is 0.0833. The lowest BCUT2D eigenvalue weighted by Crippen LogP contribution is -2.21. The minimum atomic E-state index is -0.0913. The van der Waals surface area contributed by atoms with Gasteiger partial charge in [0.25, 0.3) is 5.91 Å². The zero-order valence-electron chi connectivity index (χ0n) is 9.04. The van der Waals surface area contributed by atoms with E-state index in [1.807, 2.05) is 18.2 Å². The summed E-state index contributed by atoms with van der Waals surface area (Å²) < 4.78 is 1.80. The first kappa shape index (κ1) is 14.1. The summed E-state index contributed by atoms with van der Waals surface area (Å²) >= 11 is 14.0. The Morgan fingerprint density at radius 2 is 2.11 bits per heavy atom. The molecule has 0 fully saturated rings. The molecule has 0 aliphatic heterocycles. The largest absolute Gasteiger partial charge is 0.347 e. The van der Waals surface area contributed by atoms with Gasteiger partial charge in [0.05, 0.1) is 8.66 Å². The van der Waals surface area contributed by atoms with Gasteiger partial charge in [-0.25, -0.2) is 0 Å². The molecule has 1 N–H and O–H groups in total. The molecule has 0 spiro atoms. The van der Waals surface area contributed by atoms with E-state index in [-0.39, 0.29) is 5.91 Å². The van der Waals surface area contributed by atoms with Crippen molar-refractivity contribution in [1.29, 1.82) is 0 Å². The van der Waals surface area contributed by atoms with Crippen LogP contribution in [0.3, 0.4) is 0 Å². The van der Waals surface area contributed by atoms with Crippen molar-refractivity contribution in [3.05, 3.63) is 54.1 Å². The van der Waals surface area contributed by atoms with E-state index in [2.05, 4.69) is 37.2 Å². The number of halogens is 3. The molecule has 1 aromatic heterocycles. The van der Waals surface area contributed by atoms with Crippen LogP contribution in [0.5, 0.6) is 0 Å². The number of thiophene rings is 1. The van der Waals surface area contributed by atoms with E-state index in [0.29, 0.717) is 16.4 Å². The number of amides is 1. The van der Waals surface area contributed by atoms with E-state index in [0.717, 1.165) is 13.8 Å². The van der Waals surface area contributed by atoms with Crippen LogP contribution in [0.4, 0.5) is 0 Å². The molecule has 2 nitrogen and oxygen atoms in total. The molecule has 0 bridgehead atoms. The smallest absolute Gasteiger partial charge is 0.261 e. The highest BCUT2D eigenvalue weighted by atomic mass is 79.9. The zero-order valence-corrected chi connectivity index (χ0v) is 13.8. The van der Waals surface area contributed by atoms with E-state index in [1.165, 1.54) is 11.3 Å². The molecule has 1 amide bonds. The zero-order chi connectivity index (χ0) is 13.1. The number of carbonyl (C=O) groups excluding carboxylic acids is 1. The first-order chi connectivity index (χ1) is 8.56. The summed E-state index contributed by atoms with van der Waals surface area (Å²) in [6.07, 6.45) is 0. The highest BCUT2D eigenvalue weighted by Gasteiger charge is 2.11. The molecular weight excluding hydrogens is 401 g/mol. The van der Waals surface area contributed by atoms with Crippen LogP contribution in [0.1, 0.15) is 15.2 Å². The second-order valence-corrected chi connectivity index (χ2v) is 7.21. The molecule has 18 heavy (non-hydrogen) atoms. The Morgan fingerprint density at radius 3 is 2.72 bits per heavy atom. The van der Waals surface area contributed by atoms with Crippen LogP contribution in [-0.2, 0) is 6.54 Å². The lowest BCUT2D eigenvalue weighted by Gasteiger charge is -2.03. The van der Waals surface area contributed by atoms with Crippen molar-refractivity contribution in [2.24, 2.45) is 0 Å². The molecule has 0 radical (unpaired) electrons. The number of rotatable bonds is 3. The van der Waals surface area contributed by atoms with E-state index in [4.69, 9.17) is 11.6 Å². The Labute approximate surface area is 131 Å². The molecule has 6 heteroatoms. The highest BCUT2D eigenvalue weighted by Crippen LogP contribution is 2.32. The number of carbonyl (C=O) groups is 1. The Balaban J connectivity index is 2.00. The quantitative estimate of drug-likeness (QED) is 0.771. The van der Waals surface area contributed by atoms with Gasteiger partial charge in [0.2, 0.25) is 0 Å². The number of nitrogens with one attached hydrogen (secondary N) is 1. The van der Waals surface area contributed by atoms with Crippen molar-refractivity contribution in [1.82, 2.24) is 5.32 Å². The summed E-state index contributed by atoms with van der Waals surface area (Å²) in [5.41, 5.74) is 0.977. The molecule has 0 saturated carbocycles. The molecule has 0 aliphatic rings. The van der Waals surface area contributed by atoms with Crippen LogP contribution < -0.4 is 5.32 Å². The molecule has 2 aromatic rings. The maximum absolute atomic E-state index is 11.9. The van der Waals surface area contributed by atoms with Crippen LogP contribution in [0, 0.1) is 0 Å². The second kappa shape index (κ2) is 6.19. The van der Waals surface area contributed by atoms with E-state index in [9.17, 15) is 4.79 Å². The first-order valence-electron chi connectivity index (χ1n) is 5.04. The van der Waals surface area contributed by atoms with Crippen molar-refractivity contribution in [3.8, 4) is 0 Å². The van der Waals surface area contributed by atoms with Crippen LogP contribution in [0.2, 0.25) is 5.02 Å². The lowest BCUT2D eigenvalue weighted by molar-refractivity contribution is 0.0955. The lowest BCUT2D eigenvalue weighted by atomic mass is 10.2. The van der Waals surface area contributed by atoms with Gasteiger partial charge in [-0.05, 0) is 55.6 Å². The molecule has 0 atom stereocenters. The molecular formula is C12H8Br2ClNOS. The third-order valence-electron chi connectivity index (χ3n) is 2.21. The van der Waals surface area contributed by atoms with Crippen molar-refractivity contribution in [3.63, 3.8) is 0 Å².